The van der Waals surface area contributed by atoms with Crippen LogP contribution in [0.3, 0.4) is 0 Å². The molecular weight excluding hydrogens is 453 g/mol. The Balaban J connectivity index is 1.06. The van der Waals surface area contributed by atoms with Crippen LogP contribution in [-0.2, 0) is 18.6 Å². The topological polar surface area (TPSA) is 83.3 Å². The minimum absolute atomic E-state index is 0.0937. The Labute approximate surface area is 200 Å². The number of aliphatic hydroxyl groups is 1. The number of nitrogens with one attached hydrogen (secondary N) is 1. The second-order valence-corrected chi connectivity index (χ2v) is 10.3. The van der Waals surface area contributed by atoms with Crippen LogP contribution in [0.2, 0.25) is 0 Å². The lowest BCUT2D eigenvalue weighted by molar-refractivity contribution is -0.0158. The third-order valence-electron chi connectivity index (χ3n) is 7.22. The maximum absolute atomic E-state index is 14.8. The molecule has 34 heavy (non-hydrogen) atoms. The Bertz CT molecular complexity index is 1430. The van der Waals surface area contributed by atoms with Gasteiger partial charge in [-0.2, -0.15) is 0 Å². The molecule has 2 N–H and O–H groups in total. The van der Waals surface area contributed by atoms with Gasteiger partial charge in [0.1, 0.15) is 16.9 Å². The molecule has 6 rings (SSSR count). The fraction of sp³-hybridized carbons (Fsp3) is 0.400. The molecule has 176 valence electrons. The summed E-state index contributed by atoms with van der Waals surface area (Å²) in [5, 5.41) is 20.1. The molecule has 0 amide bonds. The first-order valence-corrected chi connectivity index (χ1v) is 12.5. The van der Waals surface area contributed by atoms with Crippen molar-refractivity contribution in [2.24, 2.45) is 0 Å². The molecule has 1 fully saturated rings. The van der Waals surface area contributed by atoms with Crippen molar-refractivity contribution in [3.05, 3.63) is 69.8 Å². The van der Waals surface area contributed by atoms with E-state index in [-0.39, 0.29) is 17.7 Å². The molecule has 0 bridgehead atoms. The molecule has 0 radical (unpaired) electrons. The summed E-state index contributed by atoms with van der Waals surface area (Å²) in [6, 6.07) is 13.0. The average Bonchev–Trinajstić information content (AvgIpc) is 3.42. The average molecular weight is 480 g/mol. The van der Waals surface area contributed by atoms with E-state index >= 15 is 0 Å². The highest BCUT2D eigenvalue weighted by Gasteiger charge is 2.42. The molecule has 2 aliphatic rings. The highest BCUT2D eigenvalue weighted by atomic mass is 32.1. The van der Waals surface area contributed by atoms with Crippen molar-refractivity contribution < 1.29 is 9.50 Å². The number of nitrogens with zero attached hydrogens (tertiary/aromatic N) is 4. The van der Waals surface area contributed by atoms with E-state index in [1.54, 1.807) is 12.1 Å². The molecule has 4 aromatic rings. The van der Waals surface area contributed by atoms with E-state index in [2.05, 4.69) is 38.0 Å². The summed E-state index contributed by atoms with van der Waals surface area (Å²) >= 11 is 1.41. The van der Waals surface area contributed by atoms with Crippen molar-refractivity contribution in [1.29, 1.82) is 0 Å². The number of aromatic nitrogens is 3. The summed E-state index contributed by atoms with van der Waals surface area (Å²) in [7, 11) is 0. The SMILES string of the molecule is O=c1ccc2ccc(F)c3c2n1CC3(O)CN1CCC(NCCc2ccc3snnc3c2)CC1. The molecule has 0 saturated carbocycles. The number of hydrogen-bond acceptors (Lipinski definition) is 7. The number of piperidine rings is 1. The zero-order chi connectivity index (χ0) is 23.3. The van der Waals surface area contributed by atoms with E-state index in [0.717, 1.165) is 54.5 Å². The van der Waals surface area contributed by atoms with Crippen molar-refractivity contribution in [3.8, 4) is 0 Å². The lowest BCUT2D eigenvalue weighted by Crippen LogP contribution is -2.48. The van der Waals surface area contributed by atoms with Gasteiger partial charge in [0.2, 0.25) is 0 Å². The van der Waals surface area contributed by atoms with Crippen LogP contribution in [0.25, 0.3) is 21.1 Å². The first-order valence-electron chi connectivity index (χ1n) is 11.7. The van der Waals surface area contributed by atoms with Gasteiger partial charge in [-0.15, -0.1) is 5.10 Å². The fourth-order valence-electron chi connectivity index (χ4n) is 5.51. The van der Waals surface area contributed by atoms with Crippen LogP contribution >= 0.6 is 11.5 Å². The Morgan fingerprint density at radius 3 is 2.85 bits per heavy atom. The van der Waals surface area contributed by atoms with Crippen molar-refractivity contribution in [3.63, 3.8) is 0 Å². The lowest BCUT2D eigenvalue weighted by Gasteiger charge is -2.37. The van der Waals surface area contributed by atoms with Gasteiger partial charge in [0, 0.05) is 24.2 Å². The van der Waals surface area contributed by atoms with Gasteiger partial charge in [0.15, 0.2) is 0 Å². The Hall–Kier alpha value is -2.72. The third kappa shape index (κ3) is 3.82. The van der Waals surface area contributed by atoms with Crippen LogP contribution < -0.4 is 10.9 Å². The molecule has 1 saturated heterocycles. The number of pyridine rings is 1. The van der Waals surface area contributed by atoms with Crippen LogP contribution in [-0.4, -0.2) is 56.4 Å². The number of hydrogen-bond donors (Lipinski definition) is 2. The van der Waals surface area contributed by atoms with Crippen molar-refractivity contribution in [1.82, 2.24) is 24.4 Å². The Kier molecular flexibility index (Phi) is 5.44. The van der Waals surface area contributed by atoms with E-state index in [1.165, 1.54) is 33.8 Å². The van der Waals surface area contributed by atoms with Crippen molar-refractivity contribution in [2.45, 2.75) is 37.5 Å². The van der Waals surface area contributed by atoms with Gasteiger partial charge in [-0.25, -0.2) is 4.39 Å². The summed E-state index contributed by atoms with van der Waals surface area (Å²) in [4.78, 5) is 14.6. The summed E-state index contributed by atoms with van der Waals surface area (Å²) in [5.41, 5.74) is 1.38. The highest BCUT2D eigenvalue weighted by Crippen LogP contribution is 2.38. The molecule has 7 nitrogen and oxygen atoms in total. The van der Waals surface area contributed by atoms with Gasteiger partial charge in [-0.3, -0.25) is 9.69 Å². The largest absolute Gasteiger partial charge is 0.382 e. The molecule has 2 aromatic heterocycles. The maximum atomic E-state index is 14.8. The predicted molar refractivity (Wildman–Crippen MR) is 131 cm³/mol. The first-order chi connectivity index (χ1) is 16.5. The fourth-order valence-corrected chi connectivity index (χ4v) is 6.05. The van der Waals surface area contributed by atoms with Gasteiger partial charge >= 0.3 is 0 Å². The van der Waals surface area contributed by atoms with E-state index in [9.17, 15) is 14.3 Å². The van der Waals surface area contributed by atoms with E-state index in [4.69, 9.17) is 0 Å². The summed E-state index contributed by atoms with van der Waals surface area (Å²) < 4.78 is 21.4. The number of fused-ring (bicyclic) bond motifs is 1. The van der Waals surface area contributed by atoms with E-state index in [0.29, 0.717) is 18.1 Å². The van der Waals surface area contributed by atoms with Gasteiger partial charge < -0.3 is 15.0 Å². The molecule has 9 heteroatoms. The van der Waals surface area contributed by atoms with Crippen molar-refractivity contribution >= 4 is 32.7 Å². The zero-order valence-electron chi connectivity index (χ0n) is 18.7. The summed E-state index contributed by atoms with van der Waals surface area (Å²) in [6.45, 7) is 2.94. The Morgan fingerprint density at radius 1 is 1.18 bits per heavy atom. The lowest BCUT2D eigenvalue weighted by atomic mass is 9.92. The Morgan fingerprint density at radius 2 is 2.00 bits per heavy atom. The summed E-state index contributed by atoms with van der Waals surface area (Å²) in [5.74, 6) is -0.449. The van der Waals surface area contributed by atoms with Crippen LogP contribution in [0, 0.1) is 5.82 Å². The molecule has 1 unspecified atom stereocenters. The number of rotatable bonds is 6. The molecule has 4 heterocycles. The highest BCUT2D eigenvalue weighted by molar-refractivity contribution is 7.12. The van der Waals surface area contributed by atoms with Gasteiger partial charge in [0.05, 0.1) is 16.8 Å². The smallest absolute Gasteiger partial charge is 0.251 e. The van der Waals surface area contributed by atoms with Gasteiger partial charge in [0.25, 0.3) is 5.56 Å². The van der Waals surface area contributed by atoms with Gasteiger partial charge in [-0.05, 0) is 91.7 Å². The van der Waals surface area contributed by atoms with E-state index in [1.807, 2.05) is 0 Å². The summed E-state index contributed by atoms with van der Waals surface area (Å²) in [6.07, 6.45) is 2.86. The second-order valence-electron chi connectivity index (χ2n) is 9.48. The second kappa shape index (κ2) is 8.49. The standard InChI is InChI=1S/C25H26FN5O2S/c26-19-4-2-17-3-6-22(32)31-15-25(33,23(19)24(17)31)14-30-11-8-18(9-12-30)27-10-7-16-1-5-21-20(13-16)28-29-34-21/h1-6,13,18,27,33H,7-12,14-15H2. The van der Waals surface area contributed by atoms with Crippen LogP contribution in [0.1, 0.15) is 24.0 Å². The van der Waals surface area contributed by atoms with Crippen molar-refractivity contribution in [2.75, 3.05) is 26.2 Å². The van der Waals surface area contributed by atoms with Crippen LogP contribution in [0.15, 0.2) is 47.3 Å². The quantitative estimate of drug-likeness (QED) is 0.443. The molecular formula is C25H26FN5O2S. The molecule has 2 aliphatic heterocycles. The van der Waals surface area contributed by atoms with Crippen LogP contribution in [0.4, 0.5) is 4.39 Å². The first kappa shape index (κ1) is 21.8. The number of benzene rings is 2. The molecule has 2 aromatic carbocycles. The number of likely N-dealkylation sites (tertiary alicyclic amines) is 1. The molecule has 0 aliphatic carbocycles. The maximum Gasteiger partial charge on any atom is 0.251 e. The van der Waals surface area contributed by atoms with Crippen LogP contribution in [0.5, 0.6) is 0 Å². The van der Waals surface area contributed by atoms with Gasteiger partial charge in [-0.1, -0.05) is 10.6 Å². The number of β-amino-alcohol motifs (C(OH)–C–C–N with tert-alkyl or cyclic N) is 1. The molecule has 1 atom stereocenters. The zero-order valence-corrected chi connectivity index (χ0v) is 19.5. The minimum atomic E-state index is -1.40. The third-order valence-corrected chi connectivity index (χ3v) is 7.92. The van der Waals surface area contributed by atoms with E-state index < -0.39 is 11.4 Å². The minimum Gasteiger partial charge on any atom is -0.382 e. The normalized spacial score (nSPS) is 21.1. The molecule has 0 spiro atoms. The monoisotopic (exact) mass is 479 g/mol. The predicted octanol–water partition coefficient (Wildman–Crippen LogP) is 2.64. The number of halogens is 1.